The van der Waals surface area contributed by atoms with Crippen molar-refractivity contribution in [3.05, 3.63) is 0 Å². The molecular formula is C16H30N2O. The highest BCUT2D eigenvalue weighted by molar-refractivity contribution is 5.79. The molecule has 2 rings (SSSR count). The van der Waals surface area contributed by atoms with Crippen LogP contribution in [0.3, 0.4) is 0 Å². The quantitative estimate of drug-likeness (QED) is 0.769. The van der Waals surface area contributed by atoms with Crippen molar-refractivity contribution in [1.82, 2.24) is 5.32 Å². The second kappa shape index (κ2) is 7.88. The van der Waals surface area contributed by atoms with E-state index in [-0.39, 0.29) is 5.92 Å². The highest BCUT2D eigenvalue weighted by Crippen LogP contribution is 2.31. The molecule has 19 heavy (non-hydrogen) atoms. The standard InChI is InChI=1S/C16H30N2O/c17-12-11-13-7-9-14(10-8-13)16(19)18-15-5-3-1-2-4-6-15/h13-15H,1-12,17H2,(H,18,19). The first-order valence-corrected chi connectivity index (χ1v) is 8.30. The summed E-state index contributed by atoms with van der Waals surface area (Å²) >= 11 is 0. The normalized spacial score (nSPS) is 29.7. The highest BCUT2D eigenvalue weighted by atomic mass is 16.1. The van der Waals surface area contributed by atoms with E-state index in [9.17, 15) is 4.79 Å². The van der Waals surface area contributed by atoms with Crippen molar-refractivity contribution >= 4 is 5.91 Å². The van der Waals surface area contributed by atoms with Crippen LogP contribution in [0, 0.1) is 11.8 Å². The largest absolute Gasteiger partial charge is 0.353 e. The Morgan fingerprint density at radius 3 is 2.16 bits per heavy atom. The van der Waals surface area contributed by atoms with Gasteiger partial charge in [-0.2, -0.15) is 0 Å². The molecule has 3 N–H and O–H groups in total. The second-order valence-corrected chi connectivity index (χ2v) is 6.49. The summed E-state index contributed by atoms with van der Waals surface area (Å²) in [5, 5.41) is 3.31. The van der Waals surface area contributed by atoms with Crippen LogP contribution in [-0.2, 0) is 4.79 Å². The molecule has 0 spiro atoms. The highest BCUT2D eigenvalue weighted by Gasteiger charge is 2.27. The molecule has 0 radical (unpaired) electrons. The Labute approximate surface area is 117 Å². The van der Waals surface area contributed by atoms with Crippen LogP contribution in [0.25, 0.3) is 0 Å². The van der Waals surface area contributed by atoms with Crippen LogP contribution in [0.2, 0.25) is 0 Å². The van der Waals surface area contributed by atoms with E-state index >= 15 is 0 Å². The lowest BCUT2D eigenvalue weighted by Crippen LogP contribution is -2.40. The molecule has 0 unspecified atom stereocenters. The first-order valence-electron chi connectivity index (χ1n) is 8.30. The van der Waals surface area contributed by atoms with Crippen molar-refractivity contribution in [3.63, 3.8) is 0 Å². The molecule has 3 nitrogen and oxygen atoms in total. The fourth-order valence-electron chi connectivity index (χ4n) is 3.69. The van der Waals surface area contributed by atoms with E-state index in [0.29, 0.717) is 11.9 Å². The first kappa shape index (κ1) is 14.8. The van der Waals surface area contributed by atoms with E-state index in [2.05, 4.69) is 5.32 Å². The van der Waals surface area contributed by atoms with Crippen LogP contribution >= 0.6 is 0 Å². The van der Waals surface area contributed by atoms with Gasteiger partial charge in [0.1, 0.15) is 0 Å². The Morgan fingerprint density at radius 2 is 1.58 bits per heavy atom. The average molecular weight is 266 g/mol. The molecule has 0 aromatic heterocycles. The van der Waals surface area contributed by atoms with Crippen LogP contribution in [0.5, 0.6) is 0 Å². The number of rotatable bonds is 4. The maximum Gasteiger partial charge on any atom is 0.223 e. The third-order valence-corrected chi connectivity index (χ3v) is 4.99. The minimum absolute atomic E-state index is 0.275. The number of nitrogens with two attached hydrogens (primary N) is 1. The molecule has 2 saturated carbocycles. The molecule has 0 aromatic carbocycles. The van der Waals surface area contributed by atoms with Gasteiger partial charge < -0.3 is 11.1 Å². The Bertz CT molecular complexity index is 264. The molecule has 0 saturated heterocycles. The molecule has 0 heterocycles. The van der Waals surface area contributed by atoms with Gasteiger partial charge in [-0.1, -0.05) is 25.7 Å². The maximum atomic E-state index is 12.3. The summed E-state index contributed by atoms with van der Waals surface area (Å²) in [5.74, 6) is 1.38. The lowest BCUT2D eigenvalue weighted by Gasteiger charge is -2.29. The molecular weight excluding hydrogens is 236 g/mol. The van der Waals surface area contributed by atoms with Gasteiger partial charge in [0.2, 0.25) is 5.91 Å². The molecule has 2 fully saturated rings. The molecule has 0 bridgehead atoms. The van der Waals surface area contributed by atoms with Gasteiger partial charge in [-0.25, -0.2) is 0 Å². The Morgan fingerprint density at radius 1 is 0.947 bits per heavy atom. The Balaban J connectivity index is 1.71. The summed E-state index contributed by atoms with van der Waals surface area (Å²) in [6.07, 6.45) is 13.3. The summed E-state index contributed by atoms with van der Waals surface area (Å²) in [7, 11) is 0. The minimum Gasteiger partial charge on any atom is -0.353 e. The Hall–Kier alpha value is -0.570. The van der Waals surface area contributed by atoms with Crippen LogP contribution in [0.4, 0.5) is 0 Å². The third kappa shape index (κ3) is 4.79. The van der Waals surface area contributed by atoms with E-state index in [1.807, 2.05) is 0 Å². The van der Waals surface area contributed by atoms with Gasteiger partial charge in [-0.15, -0.1) is 0 Å². The molecule has 110 valence electrons. The van der Waals surface area contributed by atoms with Gasteiger partial charge in [0.15, 0.2) is 0 Å². The number of carbonyl (C=O) groups excluding carboxylic acids is 1. The van der Waals surface area contributed by atoms with Crippen molar-refractivity contribution in [2.75, 3.05) is 6.54 Å². The summed E-state index contributed by atoms with van der Waals surface area (Å²) in [6.45, 7) is 0.795. The van der Waals surface area contributed by atoms with Crippen LogP contribution < -0.4 is 11.1 Å². The van der Waals surface area contributed by atoms with Crippen molar-refractivity contribution in [3.8, 4) is 0 Å². The topological polar surface area (TPSA) is 55.1 Å². The summed E-state index contributed by atoms with van der Waals surface area (Å²) in [4.78, 5) is 12.3. The Kier molecular flexibility index (Phi) is 6.15. The van der Waals surface area contributed by atoms with Gasteiger partial charge in [-0.3, -0.25) is 4.79 Å². The van der Waals surface area contributed by atoms with Gasteiger partial charge >= 0.3 is 0 Å². The zero-order valence-electron chi connectivity index (χ0n) is 12.2. The number of hydrogen-bond acceptors (Lipinski definition) is 2. The van der Waals surface area contributed by atoms with E-state index in [4.69, 9.17) is 5.73 Å². The average Bonchev–Trinajstić information content (AvgIpc) is 2.68. The van der Waals surface area contributed by atoms with Gasteiger partial charge in [0.25, 0.3) is 0 Å². The molecule has 2 aliphatic rings. The number of nitrogens with one attached hydrogen (secondary N) is 1. The molecule has 2 aliphatic carbocycles. The monoisotopic (exact) mass is 266 g/mol. The lowest BCUT2D eigenvalue weighted by atomic mass is 9.80. The van der Waals surface area contributed by atoms with Crippen molar-refractivity contribution in [2.45, 2.75) is 76.7 Å². The molecule has 3 heteroatoms. The zero-order valence-corrected chi connectivity index (χ0v) is 12.2. The number of amides is 1. The van der Waals surface area contributed by atoms with Gasteiger partial charge in [0, 0.05) is 12.0 Å². The van der Waals surface area contributed by atoms with Gasteiger partial charge in [0.05, 0.1) is 0 Å². The summed E-state index contributed by atoms with van der Waals surface area (Å²) in [5.41, 5.74) is 5.61. The zero-order chi connectivity index (χ0) is 13.5. The smallest absolute Gasteiger partial charge is 0.223 e. The van der Waals surface area contributed by atoms with Crippen molar-refractivity contribution < 1.29 is 4.79 Å². The van der Waals surface area contributed by atoms with Crippen LogP contribution in [0.1, 0.15) is 70.6 Å². The summed E-state index contributed by atoms with van der Waals surface area (Å²) in [6, 6.07) is 0.455. The predicted octanol–water partition coefficient (Wildman–Crippen LogP) is 2.98. The maximum absolute atomic E-state index is 12.3. The van der Waals surface area contributed by atoms with Crippen LogP contribution in [0.15, 0.2) is 0 Å². The molecule has 0 aliphatic heterocycles. The van der Waals surface area contributed by atoms with Gasteiger partial charge in [-0.05, 0) is 57.4 Å². The predicted molar refractivity (Wildman–Crippen MR) is 78.8 cm³/mol. The van der Waals surface area contributed by atoms with E-state index in [1.54, 1.807) is 0 Å². The van der Waals surface area contributed by atoms with E-state index in [1.165, 1.54) is 51.4 Å². The fraction of sp³-hybridized carbons (Fsp3) is 0.938. The minimum atomic E-state index is 0.275. The molecule has 1 amide bonds. The summed E-state index contributed by atoms with van der Waals surface area (Å²) < 4.78 is 0. The van der Waals surface area contributed by atoms with Crippen LogP contribution in [-0.4, -0.2) is 18.5 Å². The van der Waals surface area contributed by atoms with Crippen molar-refractivity contribution in [2.24, 2.45) is 17.6 Å². The second-order valence-electron chi connectivity index (χ2n) is 6.49. The SMILES string of the molecule is NCCC1CCC(C(=O)NC2CCCCCC2)CC1. The fourth-order valence-corrected chi connectivity index (χ4v) is 3.69. The van der Waals surface area contributed by atoms with Crippen molar-refractivity contribution in [1.29, 1.82) is 0 Å². The lowest BCUT2D eigenvalue weighted by molar-refractivity contribution is -0.127. The molecule has 0 atom stereocenters. The van der Waals surface area contributed by atoms with E-state index in [0.717, 1.165) is 31.7 Å². The number of hydrogen-bond donors (Lipinski definition) is 2. The molecule has 0 aromatic rings. The first-order chi connectivity index (χ1) is 9.29. The number of carbonyl (C=O) groups is 1. The van der Waals surface area contributed by atoms with E-state index < -0.39 is 0 Å². The third-order valence-electron chi connectivity index (χ3n) is 4.99.